The van der Waals surface area contributed by atoms with Crippen molar-refractivity contribution in [2.24, 2.45) is 11.8 Å². The summed E-state index contributed by atoms with van der Waals surface area (Å²) in [6.45, 7) is 6.53. The number of rotatable bonds is 5. The molecule has 2 heterocycles. The van der Waals surface area contributed by atoms with Gasteiger partial charge in [0.05, 0.1) is 23.4 Å². The van der Waals surface area contributed by atoms with Crippen molar-refractivity contribution in [1.82, 2.24) is 0 Å². The lowest BCUT2D eigenvalue weighted by Gasteiger charge is -2.31. The number of hydrogen-bond acceptors (Lipinski definition) is 5. The fraction of sp³-hybridized carbons (Fsp3) is 0.229. The zero-order valence-electron chi connectivity index (χ0n) is 23.4. The van der Waals surface area contributed by atoms with Crippen LogP contribution in [0.3, 0.4) is 0 Å². The van der Waals surface area contributed by atoms with Gasteiger partial charge >= 0.3 is 5.97 Å². The molecule has 0 bridgehead atoms. The van der Waals surface area contributed by atoms with E-state index in [0.29, 0.717) is 34.5 Å². The second-order valence-electron chi connectivity index (χ2n) is 10.7. The molecule has 3 atom stereocenters. The number of Topliss-reactive ketones (excluding diaryl/α,β-unsaturated/α-hetero) is 1. The van der Waals surface area contributed by atoms with Crippen LogP contribution in [0.5, 0.6) is 0 Å². The molecule has 6 heteroatoms. The van der Waals surface area contributed by atoms with Crippen LogP contribution in [-0.4, -0.2) is 30.3 Å². The molecule has 0 spiro atoms. The van der Waals surface area contributed by atoms with Crippen LogP contribution in [0.15, 0.2) is 114 Å². The number of nitrogens with zero attached hydrogens (tertiary/aromatic N) is 2. The zero-order valence-corrected chi connectivity index (χ0v) is 23.4. The minimum Gasteiger partial charge on any atom is -0.462 e. The predicted molar refractivity (Wildman–Crippen MR) is 160 cm³/mol. The van der Waals surface area contributed by atoms with Gasteiger partial charge in [-0.3, -0.25) is 14.5 Å². The van der Waals surface area contributed by atoms with Crippen molar-refractivity contribution < 1.29 is 19.1 Å². The topological polar surface area (TPSA) is 66.9 Å². The summed E-state index contributed by atoms with van der Waals surface area (Å²) >= 11 is 0. The first-order valence-electron chi connectivity index (χ1n) is 14.1. The summed E-state index contributed by atoms with van der Waals surface area (Å²) in [6.07, 6.45) is 6.83. The Morgan fingerprint density at radius 3 is 2.37 bits per heavy atom. The van der Waals surface area contributed by atoms with Crippen molar-refractivity contribution in [3.05, 3.63) is 125 Å². The molecule has 3 unspecified atom stereocenters. The Kier molecular flexibility index (Phi) is 6.91. The van der Waals surface area contributed by atoms with Crippen LogP contribution < -0.4 is 9.80 Å². The molecule has 0 saturated heterocycles. The highest BCUT2D eigenvalue weighted by Gasteiger charge is 2.39. The van der Waals surface area contributed by atoms with E-state index in [-0.39, 0.29) is 29.8 Å². The molecule has 3 aromatic carbocycles. The minimum absolute atomic E-state index is 0.0830. The number of amides is 1. The van der Waals surface area contributed by atoms with Crippen molar-refractivity contribution in [1.29, 1.82) is 0 Å². The molecule has 1 aliphatic carbocycles. The van der Waals surface area contributed by atoms with Gasteiger partial charge in [-0.05, 0) is 86.4 Å². The van der Waals surface area contributed by atoms with Crippen molar-refractivity contribution in [3.63, 3.8) is 0 Å². The van der Waals surface area contributed by atoms with Crippen LogP contribution in [0.1, 0.15) is 47.9 Å². The van der Waals surface area contributed by atoms with E-state index in [1.807, 2.05) is 24.3 Å². The number of hydrogen-bond donors (Lipinski definition) is 0. The fourth-order valence-corrected chi connectivity index (χ4v) is 6.13. The van der Waals surface area contributed by atoms with Gasteiger partial charge < -0.3 is 9.64 Å². The molecule has 0 N–H and O–H groups in total. The molecule has 6 rings (SSSR count). The van der Waals surface area contributed by atoms with Crippen molar-refractivity contribution in [2.75, 3.05) is 16.4 Å². The Morgan fingerprint density at radius 2 is 1.63 bits per heavy atom. The van der Waals surface area contributed by atoms with Gasteiger partial charge in [-0.2, -0.15) is 0 Å². The quantitative estimate of drug-likeness (QED) is 0.196. The van der Waals surface area contributed by atoms with E-state index in [4.69, 9.17) is 4.74 Å². The van der Waals surface area contributed by atoms with Gasteiger partial charge in [0.25, 0.3) is 5.91 Å². The summed E-state index contributed by atoms with van der Waals surface area (Å²) < 4.78 is 5.10. The van der Waals surface area contributed by atoms with Crippen LogP contribution in [-0.2, 0) is 9.53 Å². The number of ether oxygens (including phenoxy) is 1. The largest absolute Gasteiger partial charge is 0.462 e. The summed E-state index contributed by atoms with van der Waals surface area (Å²) in [5.41, 5.74) is 5.87. The molecule has 2 aliphatic heterocycles. The number of fused-ring (bicyclic) bond motifs is 1. The number of carbonyl (C=O) groups is 3. The second kappa shape index (κ2) is 10.7. The number of ketones is 1. The lowest BCUT2D eigenvalue weighted by Crippen LogP contribution is -2.36. The third-order valence-electron chi connectivity index (χ3n) is 8.35. The van der Waals surface area contributed by atoms with E-state index in [1.54, 1.807) is 48.2 Å². The Balaban J connectivity index is 1.33. The van der Waals surface area contributed by atoms with Crippen molar-refractivity contribution in [3.8, 4) is 0 Å². The van der Waals surface area contributed by atoms with Gasteiger partial charge in [0, 0.05) is 34.6 Å². The monoisotopic (exact) mass is 544 g/mol. The Hall–Kier alpha value is -4.71. The number of benzene rings is 3. The van der Waals surface area contributed by atoms with Crippen LogP contribution in [0.4, 0.5) is 17.1 Å². The third kappa shape index (κ3) is 4.59. The van der Waals surface area contributed by atoms with E-state index in [1.165, 1.54) is 11.3 Å². The van der Waals surface area contributed by atoms with Crippen LogP contribution >= 0.6 is 0 Å². The Labute approximate surface area is 240 Å². The number of para-hydroxylation sites is 2. The fourth-order valence-electron chi connectivity index (χ4n) is 6.13. The normalized spacial score (nSPS) is 22.7. The molecule has 41 heavy (non-hydrogen) atoms. The molecule has 0 saturated carbocycles. The summed E-state index contributed by atoms with van der Waals surface area (Å²) in [4.78, 5) is 43.7. The Bertz CT molecular complexity index is 1620. The molecule has 0 radical (unpaired) electrons. The first kappa shape index (κ1) is 26.5. The third-order valence-corrected chi connectivity index (χ3v) is 8.35. The Morgan fingerprint density at radius 1 is 0.927 bits per heavy atom. The van der Waals surface area contributed by atoms with Crippen molar-refractivity contribution >= 4 is 34.7 Å². The first-order chi connectivity index (χ1) is 19.9. The highest BCUT2D eigenvalue weighted by atomic mass is 16.5. The summed E-state index contributed by atoms with van der Waals surface area (Å²) in [7, 11) is 0. The van der Waals surface area contributed by atoms with E-state index in [0.717, 1.165) is 12.1 Å². The summed E-state index contributed by atoms with van der Waals surface area (Å²) in [5.74, 6) is -0.801. The van der Waals surface area contributed by atoms with Gasteiger partial charge in [0.2, 0.25) is 0 Å². The maximum atomic E-state index is 14.0. The van der Waals surface area contributed by atoms with Gasteiger partial charge in [0.15, 0.2) is 5.78 Å². The minimum atomic E-state index is -0.417. The summed E-state index contributed by atoms with van der Waals surface area (Å²) in [5, 5.41) is 0. The highest BCUT2D eigenvalue weighted by molar-refractivity contribution is 6.36. The second-order valence-corrected chi connectivity index (χ2v) is 10.7. The predicted octanol–water partition coefficient (Wildman–Crippen LogP) is 7.03. The van der Waals surface area contributed by atoms with Crippen LogP contribution in [0.25, 0.3) is 0 Å². The van der Waals surface area contributed by atoms with Crippen LogP contribution in [0.2, 0.25) is 0 Å². The molecule has 206 valence electrons. The standard InChI is InChI=1S/C35H32N2O4/c1-4-41-35(40)25-15-17-27(18-16-25)37-31-13-9-8-12-28(31)33(38)30(34(37)39)21-24-14-19-32-29(20-24)22(2)23(3)36(32)26-10-6-5-7-11-26/h5-19,21-24H,4,20H2,1-3H3/b30-21+. The van der Waals surface area contributed by atoms with Gasteiger partial charge in [0.1, 0.15) is 0 Å². The maximum Gasteiger partial charge on any atom is 0.338 e. The molecular weight excluding hydrogens is 512 g/mol. The summed E-state index contributed by atoms with van der Waals surface area (Å²) in [6, 6.07) is 24.6. The smallest absolute Gasteiger partial charge is 0.338 e. The van der Waals surface area contributed by atoms with E-state index in [2.05, 4.69) is 55.2 Å². The van der Waals surface area contributed by atoms with Gasteiger partial charge in [-0.1, -0.05) is 49.4 Å². The van der Waals surface area contributed by atoms with E-state index >= 15 is 0 Å². The number of allylic oxidation sites excluding steroid dienone is 3. The van der Waals surface area contributed by atoms with Gasteiger partial charge in [-0.25, -0.2) is 4.79 Å². The average molecular weight is 545 g/mol. The molecular formula is C35H32N2O4. The SMILES string of the molecule is CCOC(=O)c1ccc(N2C(=O)/C(=C/C3C=CC4=C(C3)C(C)C(C)N4c3ccccc3)C(=O)c3ccccc32)cc1. The zero-order chi connectivity index (χ0) is 28.7. The number of anilines is 3. The maximum absolute atomic E-state index is 14.0. The molecule has 1 amide bonds. The molecule has 3 aromatic rings. The highest BCUT2D eigenvalue weighted by Crippen LogP contribution is 2.44. The molecule has 6 nitrogen and oxygen atoms in total. The van der Waals surface area contributed by atoms with E-state index in [9.17, 15) is 14.4 Å². The van der Waals surface area contributed by atoms with Crippen LogP contribution in [0, 0.1) is 11.8 Å². The molecule has 3 aliphatic rings. The average Bonchev–Trinajstić information content (AvgIpc) is 3.25. The number of esters is 1. The first-order valence-corrected chi connectivity index (χ1v) is 14.1. The number of carbonyl (C=O) groups excluding carboxylic acids is 3. The van der Waals surface area contributed by atoms with Gasteiger partial charge in [-0.15, -0.1) is 0 Å². The van der Waals surface area contributed by atoms with Crippen molar-refractivity contribution in [2.45, 2.75) is 33.2 Å². The lowest BCUT2D eigenvalue weighted by molar-refractivity contribution is -0.114. The lowest BCUT2D eigenvalue weighted by atomic mass is 9.84. The van der Waals surface area contributed by atoms with E-state index < -0.39 is 5.97 Å². The molecule has 0 fully saturated rings. The molecule has 0 aromatic heterocycles.